The Hall–Kier alpha value is -1.39. The van der Waals surface area contributed by atoms with Gasteiger partial charge in [-0.25, -0.2) is 4.98 Å². The number of aryl methyl sites for hydroxylation is 2. The van der Waals surface area contributed by atoms with Crippen molar-refractivity contribution in [2.45, 2.75) is 40.3 Å². The fourth-order valence-electron chi connectivity index (χ4n) is 1.92. The first-order valence-corrected chi connectivity index (χ1v) is 7.92. The van der Waals surface area contributed by atoms with Crippen LogP contribution in [0.5, 0.6) is 5.75 Å². The third-order valence-electron chi connectivity index (χ3n) is 3.17. The number of nitrogens with one attached hydrogen (secondary N) is 1. The number of thiazole rings is 1. The van der Waals surface area contributed by atoms with Gasteiger partial charge in [-0.05, 0) is 37.6 Å². The lowest BCUT2D eigenvalue weighted by atomic mass is 10.2. The van der Waals surface area contributed by atoms with Gasteiger partial charge in [0.15, 0.2) is 0 Å². The van der Waals surface area contributed by atoms with Crippen molar-refractivity contribution in [3.63, 3.8) is 0 Å². The largest absolute Gasteiger partial charge is 0.486 e. The first-order valence-electron chi connectivity index (χ1n) is 7.10. The van der Waals surface area contributed by atoms with Crippen LogP contribution in [0.2, 0.25) is 0 Å². The summed E-state index contributed by atoms with van der Waals surface area (Å²) in [4.78, 5) is 5.86. The Labute approximate surface area is 125 Å². The predicted octanol–water partition coefficient (Wildman–Crippen LogP) is 3.70. The predicted molar refractivity (Wildman–Crippen MR) is 84.4 cm³/mol. The molecule has 0 aliphatic carbocycles. The first-order chi connectivity index (χ1) is 9.72. The van der Waals surface area contributed by atoms with Crippen LogP contribution >= 0.6 is 11.3 Å². The third kappa shape index (κ3) is 4.05. The lowest BCUT2D eigenvalue weighted by Crippen LogP contribution is -2.11. The second kappa shape index (κ2) is 7.41. The molecule has 0 spiro atoms. The molecule has 1 aromatic heterocycles. The first kappa shape index (κ1) is 15.0. The molecule has 1 aromatic carbocycles. The molecule has 0 fully saturated rings. The van der Waals surface area contributed by atoms with Gasteiger partial charge in [-0.3, -0.25) is 0 Å². The molecular weight excluding hydrogens is 268 g/mol. The summed E-state index contributed by atoms with van der Waals surface area (Å²) < 4.78 is 5.79. The summed E-state index contributed by atoms with van der Waals surface area (Å²) in [6.45, 7) is 8.74. The number of aromatic nitrogens is 1. The topological polar surface area (TPSA) is 34.1 Å². The van der Waals surface area contributed by atoms with Crippen LogP contribution in [0.15, 0.2) is 24.3 Å². The quantitative estimate of drug-likeness (QED) is 0.844. The maximum Gasteiger partial charge on any atom is 0.140 e. The maximum absolute atomic E-state index is 5.79. The van der Waals surface area contributed by atoms with Gasteiger partial charge in [0.2, 0.25) is 0 Å². The normalized spacial score (nSPS) is 10.8. The van der Waals surface area contributed by atoms with E-state index in [4.69, 9.17) is 4.74 Å². The lowest BCUT2D eigenvalue weighted by molar-refractivity contribution is 0.305. The highest BCUT2D eigenvalue weighted by Crippen LogP contribution is 2.20. The Balaban J connectivity index is 1.92. The van der Waals surface area contributed by atoms with Gasteiger partial charge in [-0.1, -0.05) is 26.0 Å². The van der Waals surface area contributed by atoms with E-state index in [-0.39, 0.29) is 0 Å². The second-order valence-corrected chi connectivity index (χ2v) is 5.85. The van der Waals surface area contributed by atoms with Crippen molar-refractivity contribution in [3.8, 4) is 5.75 Å². The summed E-state index contributed by atoms with van der Waals surface area (Å²) in [5.74, 6) is 0.906. The zero-order valence-electron chi connectivity index (χ0n) is 12.4. The highest BCUT2D eigenvalue weighted by atomic mass is 32.1. The molecule has 0 saturated carbocycles. The van der Waals surface area contributed by atoms with Crippen LogP contribution in [-0.2, 0) is 19.6 Å². The molecule has 0 saturated heterocycles. The van der Waals surface area contributed by atoms with Crippen molar-refractivity contribution in [2.75, 3.05) is 6.54 Å². The van der Waals surface area contributed by atoms with E-state index in [1.807, 2.05) is 12.1 Å². The van der Waals surface area contributed by atoms with Crippen LogP contribution in [0.3, 0.4) is 0 Å². The number of rotatable bonds is 7. The molecule has 0 aliphatic rings. The molecule has 108 valence electrons. The molecule has 0 bridgehead atoms. The van der Waals surface area contributed by atoms with Crippen molar-refractivity contribution in [3.05, 3.63) is 45.4 Å². The van der Waals surface area contributed by atoms with Crippen LogP contribution in [0.1, 0.15) is 35.0 Å². The van der Waals surface area contributed by atoms with Crippen LogP contribution in [-0.4, -0.2) is 11.5 Å². The zero-order chi connectivity index (χ0) is 14.4. The van der Waals surface area contributed by atoms with Crippen molar-refractivity contribution in [1.29, 1.82) is 0 Å². The smallest absolute Gasteiger partial charge is 0.140 e. The number of hydrogen-bond donors (Lipinski definition) is 1. The lowest BCUT2D eigenvalue weighted by Gasteiger charge is -2.04. The van der Waals surface area contributed by atoms with E-state index in [1.165, 1.54) is 10.4 Å². The molecule has 1 N–H and O–H groups in total. The summed E-state index contributed by atoms with van der Waals surface area (Å²) in [5.41, 5.74) is 2.44. The Kier molecular flexibility index (Phi) is 5.56. The minimum absolute atomic E-state index is 0.545. The van der Waals surface area contributed by atoms with Crippen molar-refractivity contribution < 1.29 is 4.74 Å². The Bertz CT molecular complexity index is 534. The van der Waals surface area contributed by atoms with Gasteiger partial charge in [0.25, 0.3) is 0 Å². The fraction of sp³-hybridized carbons (Fsp3) is 0.438. The summed E-state index contributed by atoms with van der Waals surface area (Å²) in [7, 11) is 0. The van der Waals surface area contributed by atoms with Crippen molar-refractivity contribution in [1.82, 2.24) is 10.3 Å². The molecule has 2 rings (SSSR count). The van der Waals surface area contributed by atoms with Gasteiger partial charge < -0.3 is 10.1 Å². The monoisotopic (exact) mass is 290 g/mol. The van der Waals surface area contributed by atoms with Crippen LogP contribution in [0.4, 0.5) is 0 Å². The van der Waals surface area contributed by atoms with Crippen LogP contribution in [0, 0.1) is 6.92 Å². The van der Waals surface area contributed by atoms with Crippen LogP contribution < -0.4 is 10.1 Å². The van der Waals surface area contributed by atoms with E-state index in [2.05, 4.69) is 43.2 Å². The Morgan fingerprint density at radius 3 is 2.60 bits per heavy atom. The summed E-state index contributed by atoms with van der Waals surface area (Å²) in [6, 6.07) is 8.27. The molecule has 4 heteroatoms. The summed E-state index contributed by atoms with van der Waals surface area (Å²) >= 11 is 1.73. The minimum atomic E-state index is 0.545. The molecule has 0 atom stereocenters. The van der Waals surface area contributed by atoms with E-state index in [0.717, 1.165) is 36.0 Å². The van der Waals surface area contributed by atoms with E-state index in [1.54, 1.807) is 11.3 Å². The second-order valence-electron chi connectivity index (χ2n) is 4.68. The van der Waals surface area contributed by atoms with Crippen molar-refractivity contribution >= 4 is 11.3 Å². The molecule has 0 aliphatic heterocycles. The number of nitrogens with zero attached hydrogens (tertiary/aromatic N) is 1. The summed E-state index contributed by atoms with van der Waals surface area (Å²) in [6.07, 6.45) is 1.06. The van der Waals surface area contributed by atoms with Gasteiger partial charge in [0.1, 0.15) is 17.4 Å². The number of benzene rings is 1. The van der Waals surface area contributed by atoms with Gasteiger partial charge in [0.05, 0.1) is 5.69 Å². The molecule has 1 heterocycles. The molecule has 2 aromatic rings. The van der Waals surface area contributed by atoms with E-state index < -0.39 is 0 Å². The van der Waals surface area contributed by atoms with Gasteiger partial charge in [-0.15, -0.1) is 11.3 Å². The standard InChI is InChI=1S/C16H22N2OS/c1-4-13-6-8-14(9-7-13)19-11-16-18-12(3)15(20-16)10-17-5-2/h6-9,17H,4-5,10-11H2,1-3H3. The van der Waals surface area contributed by atoms with Gasteiger partial charge in [-0.2, -0.15) is 0 Å². The molecule has 0 amide bonds. The number of hydrogen-bond acceptors (Lipinski definition) is 4. The zero-order valence-corrected chi connectivity index (χ0v) is 13.2. The number of ether oxygens (including phenoxy) is 1. The molecule has 0 radical (unpaired) electrons. The van der Waals surface area contributed by atoms with E-state index >= 15 is 0 Å². The highest BCUT2D eigenvalue weighted by Gasteiger charge is 2.07. The molecular formula is C16H22N2OS. The SMILES string of the molecule is CCNCc1sc(COc2ccc(CC)cc2)nc1C. The van der Waals surface area contributed by atoms with Crippen molar-refractivity contribution in [2.24, 2.45) is 0 Å². The van der Waals surface area contributed by atoms with E-state index in [9.17, 15) is 0 Å². The fourth-order valence-corrected chi connectivity index (χ4v) is 2.87. The average molecular weight is 290 g/mol. The van der Waals surface area contributed by atoms with E-state index in [0.29, 0.717) is 6.61 Å². The highest BCUT2D eigenvalue weighted by molar-refractivity contribution is 7.11. The maximum atomic E-state index is 5.79. The molecule has 20 heavy (non-hydrogen) atoms. The third-order valence-corrected chi connectivity index (χ3v) is 4.30. The van der Waals surface area contributed by atoms with Crippen LogP contribution in [0.25, 0.3) is 0 Å². The van der Waals surface area contributed by atoms with Gasteiger partial charge in [0, 0.05) is 11.4 Å². The molecule has 3 nitrogen and oxygen atoms in total. The summed E-state index contributed by atoms with van der Waals surface area (Å²) in [5, 5.41) is 4.37. The Morgan fingerprint density at radius 2 is 1.95 bits per heavy atom. The van der Waals surface area contributed by atoms with Gasteiger partial charge >= 0.3 is 0 Å². The average Bonchev–Trinajstić information content (AvgIpc) is 2.84. The molecule has 0 unspecified atom stereocenters. The minimum Gasteiger partial charge on any atom is -0.486 e. The Morgan fingerprint density at radius 1 is 1.20 bits per heavy atom.